The summed E-state index contributed by atoms with van der Waals surface area (Å²) in [6, 6.07) is 0.200. The van der Waals surface area contributed by atoms with Crippen molar-refractivity contribution in [3.63, 3.8) is 0 Å². The fraction of sp³-hybridized carbons (Fsp3) is 0.714. The number of aromatic nitrogens is 3. The van der Waals surface area contributed by atoms with E-state index in [0.29, 0.717) is 18.4 Å². The summed E-state index contributed by atoms with van der Waals surface area (Å²) in [5.41, 5.74) is 0. The molecule has 1 atom stereocenters. The zero-order valence-electron chi connectivity index (χ0n) is 13.4. The van der Waals surface area contributed by atoms with Gasteiger partial charge in [0.2, 0.25) is 17.8 Å². The summed E-state index contributed by atoms with van der Waals surface area (Å²) in [7, 11) is 3.83. The van der Waals surface area contributed by atoms with Crippen molar-refractivity contribution in [2.45, 2.75) is 39.2 Å². The lowest BCUT2D eigenvalue weighted by atomic mass is 10.2. The van der Waals surface area contributed by atoms with Gasteiger partial charge in [-0.25, -0.2) is 0 Å². The van der Waals surface area contributed by atoms with Crippen LogP contribution in [0.2, 0.25) is 0 Å². The maximum absolute atomic E-state index is 11.4. The molecule has 7 heteroatoms. The Morgan fingerprint density at radius 1 is 1.33 bits per heavy atom. The van der Waals surface area contributed by atoms with E-state index in [0.717, 1.165) is 18.8 Å². The first kappa shape index (κ1) is 15.5. The van der Waals surface area contributed by atoms with Crippen molar-refractivity contribution < 1.29 is 4.79 Å². The number of nitrogens with zero attached hydrogens (tertiary/aromatic N) is 5. The molecule has 1 saturated heterocycles. The molecule has 1 aliphatic rings. The van der Waals surface area contributed by atoms with Crippen LogP contribution in [0.15, 0.2) is 0 Å². The minimum atomic E-state index is 0.117. The molecule has 2 heterocycles. The van der Waals surface area contributed by atoms with Gasteiger partial charge in [0.05, 0.1) is 0 Å². The molecule has 1 aromatic heterocycles. The molecule has 7 nitrogen and oxygen atoms in total. The van der Waals surface area contributed by atoms with E-state index in [-0.39, 0.29) is 17.9 Å². The summed E-state index contributed by atoms with van der Waals surface area (Å²) >= 11 is 0. The quantitative estimate of drug-likeness (QED) is 0.895. The van der Waals surface area contributed by atoms with Gasteiger partial charge in [0.15, 0.2) is 0 Å². The Balaban J connectivity index is 2.14. The Hall–Kier alpha value is -1.92. The first-order chi connectivity index (χ1) is 9.86. The molecule has 2 rings (SSSR count). The van der Waals surface area contributed by atoms with Crippen molar-refractivity contribution in [3.05, 3.63) is 5.82 Å². The van der Waals surface area contributed by atoms with E-state index >= 15 is 0 Å². The summed E-state index contributed by atoms with van der Waals surface area (Å²) in [5.74, 6) is 2.37. The fourth-order valence-corrected chi connectivity index (χ4v) is 2.25. The highest BCUT2D eigenvalue weighted by atomic mass is 16.2. The first-order valence-corrected chi connectivity index (χ1v) is 7.32. The van der Waals surface area contributed by atoms with Crippen LogP contribution in [-0.4, -0.2) is 59.0 Å². The van der Waals surface area contributed by atoms with Crippen LogP contribution >= 0.6 is 0 Å². The van der Waals surface area contributed by atoms with Gasteiger partial charge in [0.25, 0.3) is 0 Å². The first-order valence-electron chi connectivity index (χ1n) is 7.32. The Morgan fingerprint density at radius 2 is 2.05 bits per heavy atom. The van der Waals surface area contributed by atoms with Crippen molar-refractivity contribution in [3.8, 4) is 0 Å². The second-order valence-corrected chi connectivity index (χ2v) is 5.96. The number of carbonyl (C=O) groups is 1. The molecule has 0 bridgehead atoms. The monoisotopic (exact) mass is 292 g/mol. The Morgan fingerprint density at radius 3 is 2.57 bits per heavy atom. The summed E-state index contributed by atoms with van der Waals surface area (Å²) in [6.07, 6.45) is 0.916. The maximum atomic E-state index is 11.4. The third-order valence-corrected chi connectivity index (χ3v) is 3.52. The maximum Gasteiger partial charge on any atom is 0.229 e. The van der Waals surface area contributed by atoms with E-state index in [2.05, 4.69) is 34.1 Å². The Bertz CT molecular complexity index is 490. The molecule has 1 aliphatic heterocycles. The Kier molecular flexibility index (Phi) is 4.59. The van der Waals surface area contributed by atoms with E-state index in [9.17, 15) is 4.79 Å². The van der Waals surface area contributed by atoms with Gasteiger partial charge in [-0.05, 0) is 6.42 Å². The highest BCUT2D eigenvalue weighted by molar-refractivity contribution is 5.73. The molecule has 1 fully saturated rings. The number of anilines is 2. The van der Waals surface area contributed by atoms with Crippen LogP contribution in [-0.2, 0) is 4.79 Å². The summed E-state index contributed by atoms with van der Waals surface area (Å²) < 4.78 is 0. The van der Waals surface area contributed by atoms with Crippen molar-refractivity contribution in [2.75, 3.05) is 37.4 Å². The average Bonchev–Trinajstić information content (AvgIpc) is 2.87. The van der Waals surface area contributed by atoms with Crippen LogP contribution < -0.4 is 10.2 Å². The van der Waals surface area contributed by atoms with Crippen LogP contribution in [0.4, 0.5) is 11.9 Å². The SMILES string of the molecule is CC(=O)N1CCC(Nc2nc(C(C)C)nc(N(C)C)n2)C1. The molecule has 0 spiro atoms. The molecule has 0 aliphatic carbocycles. The summed E-state index contributed by atoms with van der Waals surface area (Å²) in [4.78, 5) is 28.5. The highest BCUT2D eigenvalue weighted by Crippen LogP contribution is 2.18. The minimum absolute atomic E-state index is 0.117. The fourth-order valence-electron chi connectivity index (χ4n) is 2.25. The van der Waals surface area contributed by atoms with E-state index in [1.807, 2.05) is 23.9 Å². The predicted octanol–water partition coefficient (Wildman–Crippen LogP) is 1.09. The molecule has 1 amide bonds. The molecule has 0 radical (unpaired) electrons. The average molecular weight is 292 g/mol. The summed E-state index contributed by atoms with van der Waals surface area (Å²) in [6.45, 7) is 7.22. The van der Waals surface area contributed by atoms with E-state index in [1.54, 1.807) is 6.92 Å². The third-order valence-electron chi connectivity index (χ3n) is 3.52. The number of likely N-dealkylation sites (tertiary alicyclic amines) is 1. The molecule has 0 aromatic carbocycles. The van der Waals surface area contributed by atoms with Crippen LogP contribution in [0.25, 0.3) is 0 Å². The van der Waals surface area contributed by atoms with Crippen molar-refractivity contribution in [1.29, 1.82) is 0 Å². The lowest BCUT2D eigenvalue weighted by molar-refractivity contribution is -0.127. The van der Waals surface area contributed by atoms with E-state index in [1.165, 1.54) is 0 Å². The molecule has 1 aromatic rings. The van der Waals surface area contributed by atoms with Crippen molar-refractivity contribution in [1.82, 2.24) is 19.9 Å². The molecule has 1 N–H and O–H groups in total. The van der Waals surface area contributed by atoms with Gasteiger partial charge in [-0.3, -0.25) is 4.79 Å². The third kappa shape index (κ3) is 3.80. The smallest absolute Gasteiger partial charge is 0.229 e. The number of rotatable bonds is 4. The van der Waals surface area contributed by atoms with Gasteiger partial charge in [0, 0.05) is 46.1 Å². The topological polar surface area (TPSA) is 74.2 Å². The minimum Gasteiger partial charge on any atom is -0.349 e. The number of nitrogens with one attached hydrogen (secondary N) is 1. The standard InChI is InChI=1S/C14H24N6O/c1-9(2)12-16-13(18-14(17-12)19(4)5)15-11-6-7-20(8-11)10(3)21/h9,11H,6-8H2,1-5H3,(H,15,16,17,18). The lowest BCUT2D eigenvalue weighted by Crippen LogP contribution is -2.30. The molecular formula is C14H24N6O. The normalized spacial score (nSPS) is 18.2. The predicted molar refractivity (Wildman–Crippen MR) is 82.5 cm³/mol. The van der Waals surface area contributed by atoms with E-state index < -0.39 is 0 Å². The summed E-state index contributed by atoms with van der Waals surface area (Å²) in [5, 5.41) is 3.33. The van der Waals surface area contributed by atoms with Crippen LogP contribution in [0, 0.1) is 0 Å². The largest absolute Gasteiger partial charge is 0.349 e. The van der Waals surface area contributed by atoms with Crippen molar-refractivity contribution >= 4 is 17.8 Å². The molecule has 0 saturated carbocycles. The van der Waals surface area contributed by atoms with Gasteiger partial charge in [-0.15, -0.1) is 0 Å². The van der Waals surface area contributed by atoms with Gasteiger partial charge in [0.1, 0.15) is 5.82 Å². The van der Waals surface area contributed by atoms with Gasteiger partial charge >= 0.3 is 0 Å². The number of carbonyl (C=O) groups excluding carboxylic acids is 1. The molecular weight excluding hydrogens is 268 g/mol. The number of amides is 1. The van der Waals surface area contributed by atoms with Crippen molar-refractivity contribution in [2.24, 2.45) is 0 Å². The number of hydrogen-bond donors (Lipinski definition) is 1. The van der Waals surface area contributed by atoms with Crippen LogP contribution in [0.5, 0.6) is 0 Å². The zero-order chi connectivity index (χ0) is 15.6. The lowest BCUT2D eigenvalue weighted by Gasteiger charge is -2.18. The molecule has 21 heavy (non-hydrogen) atoms. The van der Waals surface area contributed by atoms with Crippen LogP contribution in [0.1, 0.15) is 38.9 Å². The van der Waals surface area contributed by atoms with Gasteiger partial charge in [-0.1, -0.05) is 13.8 Å². The van der Waals surface area contributed by atoms with Gasteiger partial charge < -0.3 is 15.1 Å². The zero-order valence-corrected chi connectivity index (χ0v) is 13.4. The van der Waals surface area contributed by atoms with Crippen LogP contribution in [0.3, 0.4) is 0 Å². The Labute approximate surface area is 125 Å². The second-order valence-electron chi connectivity index (χ2n) is 5.96. The highest BCUT2D eigenvalue weighted by Gasteiger charge is 2.25. The number of hydrogen-bond acceptors (Lipinski definition) is 6. The molecule has 1 unspecified atom stereocenters. The molecule has 116 valence electrons. The van der Waals surface area contributed by atoms with Gasteiger partial charge in [-0.2, -0.15) is 15.0 Å². The van der Waals surface area contributed by atoms with E-state index in [4.69, 9.17) is 0 Å². The second kappa shape index (κ2) is 6.24.